The van der Waals surface area contributed by atoms with Crippen molar-refractivity contribution < 1.29 is 19.6 Å². The summed E-state index contributed by atoms with van der Waals surface area (Å²) in [6, 6.07) is 6.00. The van der Waals surface area contributed by atoms with E-state index in [1.54, 1.807) is 0 Å². The molecule has 0 spiro atoms. The highest BCUT2D eigenvalue weighted by Crippen LogP contribution is 2.27. The molecule has 26 heavy (non-hydrogen) atoms. The lowest BCUT2D eigenvalue weighted by Gasteiger charge is -2.40. The zero-order valence-electron chi connectivity index (χ0n) is 14.6. The van der Waals surface area contributed by atoms with Gasteiger partial charge in [0.15, 0.2) is 0 Å². The summed E-state index contributed by atoms with van der Waals surface area (Å²) in [4.78, 5) is 18.6. The van der Waals surface area contributed by atoms with Crippen LogP contribution in [-0.2, 0) is 16.1 Å². The number of likely N-dealkylation sites (tertiary alicyclic amines) is 1. The van der Waals surface area contributed by atoms with Crippen molar-refractivity contribution in [3.63, 3.8) is 0 Å². The van der Waals surface area contributed by atoms with Crippen molar-refractivity contribution in [2.24, 2.45) is 11.7 Å². The Bertz CT molecular complexity index is 580. The zero-order valence-corrected chi connectivity index (χ0v) is 16.1. The molecule has 6 nitrogen and oxygen atoms in total. The first-order valence-corrected chi connectivity index (χ1v) is 9.38. The minimum absolute atomic E-state index is 0.211. The summed E-state index contributed by atoms with van der Waals surface area (Å²) >= 11 is 12.0. The van der Waals surface area contributed by atoms with Crippen LogP contribution in [0.15, 0.2) is 18.2 Å². The van der Waals surface area contributed by atoms with Crippen LogP contribution in [0.3, 0.4) is 0 Å². The van der Waals surface area contributed by atoms with Gasteiger partial charge in [0.05, 0.1) is 10.0 Å². The van der Waals surface area contributed by atoms with Crippen LogP contribution < -0.4 is 5.73 Å². The number of rotatable bonds is 9. The minimum atomic E-state index is -1.19. The highest BCUT2D eigenvalue weighted by molar-refractivity contribution is 6.42. The number of hydrogen-bond acceptors (Lipinski definition) is 6. The third-order valence-electron chi connectivity index (χ3n) is 4.35. The van der Waals surface area contributed by atoms with E-state index in [0.29, 0.717) is 22.3 Å². The summed E-state index contributed by atoms with van der Waals surface area (Å²) in [6.07, 6.45) is 4.46. The minimum Gasteiger partial charge on any atom is -0.427 e. The molecule has 1 atom stereocenters. The predicted molar refractivity (Wildman–Crippen MR) is 102 cm³/mol. The molecule has 0 radical (unpaired) electrons. The maximum atomic E-state index is 8.80. The molecule has 1 aromatic rings. The molecule has 1 saturated heterocycles. The number of carbonyl (C=O) groups excluding carboxylic acids is 2. The Morgan fingerprint density at radius 3 is 2.46 bits per heavy atom. The van der Waals surface area contributed by atoms with Gasteiger partial charge in [-0.3, -0.25) is 4.90 Å². The average molecular weight is 403 g/mol. The molecule has 0 saturated carbocycles. The Balaban J connectivity index is 0.00000105. The summed E-state index contributed by atoms with van der Waals surface area (Å²) in [5.74, 6) is 0.663. The van der Waals surface area contributed by atoms with Gasteiger partial charge in [0.1, 0.15) is 0 Å². The number of halogens is 2. The van der Waals surface area contributed by atoms with Crippen LogP contribution in [0.5, 0.6) is 0 Å². The standard InChI is InChI=1S/C16H25BCl2N2O2.CO2/c18-15-5-4-12(8-16(15)19)9-21-10-13(11-21)7-14(20)3-1-2-6-17(22)23;2-1-3/h4-5,8,13-14,22-23H,1-3,6-7,9-11,20H2;. The zero-order chi connectivity index (χ0) is 19.5. The fourth-order valence-corrected chi connectivity index (χ4v) is 3.45. The van der Waals surface area contributed by atoms with E-state index in [1.165, 1.54) is 5.56 Å². The van der Waals surface area contributed by atoms with Gasteiger partial charge >= 0.3 is 13.3 Å². The second-order valence-electron chi connectivity index (χ2n) is 6.65. The largest absolute Gasteiger partial charge is 0.451 e. The van der Waals surface area contributed by atoms with Crippen LogP contribution in [0.1, 0.15) is 31.2 Å². The molecule has 4 N–H and O–H groups in total. The van der Waals surface area contributed by atoms with Gasteiger partial charge in [-0.1, -0.05) is 42.1 Å². The Labute approximate surface area is 164 Å². The first kappa shape index (κ1) is 23.1. The highest BCUT2D eigenvalue weighted by atomic mass is 35.5. The van der Waals surface area contributed by atoms with Crippen LogP contribution in [0.2, 0.25) is 16.4 Å². The molecule has 1 heterocycles. The first-order chi connectivity index (χ1) is 12.3. The topological polar surface area (TPSA) is 104 Å². The molecule has 0 amide bonds. The van der Waals surface area contributed by atoms with Crippen LogP contribution in [0, 0.1) is 5.92 Å². The number of hydrogen-bond donors (Lipinski definition) is 3. The summed E-state index contributed by atoms with van der Waals surface area (Å²) in [7, 11) is -1.19. The molecule has 1 fully saturated rings. The smallest absolute Gasteiger partial charge is 0.427 e. The molecule has 0 aliphatic carbocycles. The number of nitrogens with zero attached hydrogens (tertiary/aromatic N) is 1. The lowest BCUT2D eigenvalue weighted by molar-refractivity contribution is -0.191. The van der Waals surface area contributed by atoms with E-state index < -0.39 is 7.12 Å². The average Bonchev–Trinajstić information content (AvgIpc) is 2.53. The highest BCUT2D eigenvalue weighted by Gasteiger charge is 2.27. The maximum Gasteiger partial charge on any atom is 0.451 e. The van der Waals surface area contributed by atoms with Gasteiger partial charge in [-0.25, -0.2) is 0 Å². The molecule has 0 aromatic heterocycles. The van der Waals surface area contributed by atoms with Crippen LogP contribution in [0.4, 0.5) is 0 Å². The van der Waals surface area contributed by atoms with Gasteiger partial charge < -0.3 is 15.8 Å². The van der Waals surface area contributed by atoms with Gasteiger partial charge in [-0.05, 0) is 42.8 Å². The summed E-state index contributed by atoms with van der Waals surface area (Å²) in [6.45, 7) is 3.05. The molecule has 1 aromatic carbocycles. The van der Waals surface area contributed by atoms with Crippen molar-refractivity contribution in [2.45, 2.75) is 44.6 Å². The van der Waals surface area contributed by atoms with E-state index >= 15 is 0 Å². The van der Waals surface area contributed by atoms with Crippen molar-refractivity contribution in [1.29, 1.82) is 0 Å². The van der Waals surface area contributed by atoms with E-state index in [1.807, 2.05) is 18.2 Å². The molecular weight excluding hydrogens is 378 g/mol. The lowest BCUT2D eigenvalue weighted by Crippen LogP contribution is -2.48. The lowest BCUT2D eigenvalue weighted by atomic mass is 9.82. The Morgan fingerprint density at radius 1 is 1.23 bits per heavy atom. The molecule has 2 rings (SSSR count). The third kappa shape index (κ3) is 9.15. The monoisotopic (exact) mass is 402 g/mol. The van der Waals surface area contributed by atoms with Gasteiger partial charge in [0.25, 0.3) is 0 Å². The first-order valence-electron chi connectivity index (χ1n) is 8.63. The van der Waals surface area contributed by atoms with Gasteiger partial charge in [-0.15, -0.1) is 0 Å². The van der Waals surface area contributed by atoms with E-state index in [0.717, 1.165) is 45.3 Å². The second-order valence-corrected chi connectivity index (χ2v) is 7.47. The maximum absolute atomic E-state index is 8.80. The molecule has 0 bridgehead atoms. The van der Waals surface area contributed by atoms with Gasteiger partial charge in [0, 0.05) is 25.7 Å². The second kappa shape index (κ2) is 12.5. The van der Waals surface area contributed by atoms with E-state index in [2.05, 4.69) is 4.90 Å². The fraction of sp³-hybridized carbons (Fsp3) is 0.588. The molecule has 1 aliphatic heterocycles. The van der Waals surface area contributed by atoms with E-state index in [-0.39, 0.29) is 12.2 Å². The SMILES string of the molecule is NC(CCCCB(O)O)CC1CN(Cc2ccc(Cl)c(Cl)c2)C1.O=C=O. The Kier molecular flexibility index (Phi) is 11.1. The Morgan fingerprint density at radius 2 is 1.88 bits per heavy atom. The van der Waals surface area contributed by atoms with Crippen molar-refractivity contribution >= 4 is 36.5 Å². The third-order valence-corrected chi connectivity index (χ3v) is 5.09. The molecule has 144 valence electrons. The van der Waals surface area contributed by atoms with Crippen molar-refractivity contribution in [2.75, 3.05) is 13.1 Å². The van der Waals surface area contributed by atoms with Crippen molar-refractivity contribution in [3.8, 4) is 0 Å². The summed E-state index contributed by atoms with van der Waals surface area (Å²) in [5, 5.41) is 18.8. The summed E-state index contributed by atoms with van der Waals surface area (Å²) in [5.41, 5.74) is 7.34. The molecule has 1 unspecified atom stereocenters. The van der Waals surface area contributed by atoms with Crippen molar-refractivity contribution in [1.82, 2.24) is 4.90 Å². The fourth-order valence-electron chi connectivity index (χ4n) is 3.13. The molecule has 1 aliphatic rings. The van der Waals surface area contributed by atoms with Gasteiger partial charge in [0.2, 0.25) is 0 Å². The van der Waals surface area contributed by atoms with Crippen LogP contribution >= 0.6 is 23.2 Å². The normalized spacial score (nSPS) is 15.4. The number of nitrogens with two attached hydrogens (primary N) is 1. The van der Waals surface area contributed by atoms with Crippen molar-refractivity contribution in [3.05, 3.63) is 33.8 Å². The number of benzene rings is 1. The van der Waals surface area contributed by atoms with E-state index in [4.69, 9.17) is 48.6 Å². The van der Waals surface area contributed by atoms with Gasteiger partial charge in [-0.2, -0.15) is 9.59 Å². The molecular formula is C17H25BCl2N2O4. The summed E-state index contributed by atoms with van der Waals surface area (Å²) < 4.78 is 0. The molecule has 9 heteroatoms. The van der Waals surface area contributed by atoms with Crippen LogP contribution in [-0.4, -0.2) is 47.3 Å². The quantitative estimate of drug-likeness (QED) is 0.432. The Hall–Kier alpha value is -0.915. The van der Waals surface area contributed by atoms with Crippen LogP contribution in [0.25, 0.3) is 0 Å². The van der Waals surface area contributed by atoms with E-state index in [9.17, 15) is 0 Å². The predicted octanol–water partition coefficient (Wildman–Crippen LogP) is 2.20. The number of unbranched alkanes of at least 4 members (excludes halogenated alkanes) is 1.